The largest absolute Gasteiger partial charge is 0.478 e. The van der Waals surface area contributed by atoms with Crippen LogP contribution in [-0.4, -0.2) is 51.5 Å². The van der Waals surface area contributed by atoms with Crippen LogP contribution < -0.4 is 10.6 Å². The predicted molar refractivity (Wildman–Crippen MR) is 144 cm³/mol. The lowest BCUT2D eigenvalue weighted by Gasteiger charge is -2.24. The van der Waals surface area contributed by atoms with Crippen molar-refractivity contribution < 1.29 is 14.7 Å². The number of carboxylic acids is 1. The van der Waals surface area contributed by atoms with Crippen molar-refractivity contribution in [3.05, 3.63) is 95.8 Å². The monoisotopic (exact) mass is 495 g/mol. The second-order valence-corrected chi connectivity index (χ2v) is 9.21. The Morgan fingerprint density at radius 3 is 2.51 bits per heavy atom. The first-order valence-corrected chi connectivity index (χ1v) is 12.5. The molecular weight excluding hydrogens is 466 g/mol. The topological polar surface area (TPSA) is 107 Å². The molecule has 0 saturated carbocycles. The normalized spacial score (nSPS) is 14.4. The van der Waals surface area contributed by atoms with E-state index in [1.165, 1.54) is 19.2 Å². The van der Waals surface area contributed by atoms with E-state index in [1.54, 1.807) is 24.3 Å². The Morgan fingerprint density at radius 2 is 1.73 bits per heavy atom. The average molecular weight is 496 g/mol. The van der Waals surface area contributed by atoms with Crippen molar-refractivity contribution >= 4 is 34.3 Å². The van der Waals surface area contributed by atoms with Crippen LogP contribution >= 0.6 is 0 Å². The minimum absolute atomic E-state index is 0.110. The molecule has 1 aliphatic rings. The van der Waals surface area contributed by atoms with Crippen LogP contribution in [0.4, 0.5) is 11.5 Å². The van der Waals surface area contributed by atoms with Gasteiger partial charge in [-0.15, -0.1) is 0 Å². The van der Waals surface area contributed by atoms with E-state index in [9.17, 15) is 14.7 Å². The number of benzene rings is 3. The Kier molecular flexibility index (Phi) is 7.37. The molecule has 0 bridgehead atoms. The van der Waals surface area contributed by atoms with Crippen molar-refractivity contribution in [3.63, 3.8) is 0 Å². The molecule has 1 amide bonds. The van der Waals surface area contributed by atoms with Crippen LogP contribution in [0, 0.1) is 0 Å². The van der Waals surface area contributed by atoms with Gasteiger partial charge in [0.15, 0.2) is 0 Å². The number of nitrogens with zero attached hydrogens (tertiary/aromatic N) is 3. The molecule has 3 N–H and O–H groups in total. The number of fused-ring (bicyclic) bond motifs is 1. The molecule has 1 aliphatic heterocycles. The van der Waals surface area contributed by atoms with Crippen LogP contribution in [0.5, 0.6) is 0 Å². The third-order valence-corrected chi connectivity index (χ3v) is 6.72. The van der Waals surface area contributed by atoms with Gasteiger partial charge in [0.25, 0.3) is 5.91 Å². The molecule has 0 aliphatic carbocycles. The van der Waals surface area contributed by atoms with Crippen LogP contribution in [0.25, 0.3) is 10.9 Å². The first-order chi connectivity index (χ1) is 18.1. The van der Waals surface area contributed by atoms with E-state index in [4.69, 9.17) is 0 Å². The Balaban J connectivity index is 1.44. The van der Waals surface area contributed by atoms with Gasteiger partial charge >= 0.3 is 5.97 Å². The maximum absolute atomic E-state index is 12.7. The van der Waals surface area contributed by atoms with Gasteiger partial charge in [0.1, 0.15) is 12.1 Å². The maximum Gasteiger partial charge on any atom is 0.337 e. The summed E-state index contributed by atoms with van der Waals surface area (Å²) in [6.45, 7) is 3.11. The number of carboxylic acid groups (broad SMARTS) is 1. The zero-order valence-electron chi connectivity index (χ0n) is 20.4. The summed E-state index contributed by atoms with van der Waals surface area (Å²) < 4.78 is 0. The number of anilines is 2. The number of amides is 1. The van der Waals surface area contributed by atoms with Crippen molar-refractivity contribution in [2.24, 2.45) is 0 Å². The molecule has 4 aromatic rings. The van der Waals surface area contributed by atoms with Gasteiger partial charge in [-0.1, -0.05) is 36.4 Å². The Labute approximate surface area is 215 Å². The fourth-order valence-corrected chi connectivity index (χ4v) is 4.81. The van der Waals surface area contributed by atoms with Crippen molar-refractivity contribution in [1.82, 2.24) is 14.9 Å². The second-order valence-electron chi connectivity index (χ2n) is 9.21. The molecule has 8 nitrogen and oxygen atoms in total. The lowest BCUT2D eigenvalue weighted by molar-refractivity contribution is 0.0698. The lowest BCUT2D eigenvalue weighted by Crippen LogP contribution is -2.24. The van der Waals surface area contributed by atoms with Crippen molar-refractivity contribution in [3.8, 4) is 0 Å². The van der Waals surface area contributed by atoms with Gasteiger partial charge in [0.2, 0.25) is 0 Å². The Bertz CT molecular complexity index is 1400. The molecule has 1 fully saturated rings. The number of rotatable bonds is 9. The van der Waals surface area contributed by atoms with Crippen LogP contribution in [0.3, 0.4) is 0 Å². The van der Waals surface area contributed by atoms with E-state index in [-0.39, 0.29) is 17.5 Å². The second kappa shape index (κ2) is 11.2. The summed E-state index contributed by atoms with van der Waals surface area (Å²) >= 11 is 0. The minimum atomic E-state index is -1.03. The molecule has 1 aromatic heterocycles. The summed E-state index contributed by atoms with van der Waals surface area (Å²) in [5, 5.41) is 16.8. The molecule has 5 rings (SSSR count). The SMILES string of the molecule is O=C(Nc1cccc(C(CCN2CCCC2)Nc2ncnc3c(C(=O)O)cccc23)c1)c1ccccc1. The number of hydrogen-bond acceptors (Lipinski definition) is 6. The van der Waals surface area contributed by atoms with Gasteiger partial charge in [-0.05, 0) is 74.3 Å². The number of hydrogen-bond donors (Lipinski definition) is 3. The highest BCUT2D eigenvalue weighted by atomic mass is 16.4. The van der Waals surface area contributed by atoms with Gasteiger partial charge in [0, 0.05) is 23.2 Å². The molecule has 0 radical (unpaired) electrons. The van der Waals surface area contributed by atoms with Gasteiger partial charge in [-0.3, -0.25) is 4.79 Å². The summed E-state index contributed by atoms with van der Waals surface area (Å²) in [5.41, 5.74) is 2.85. The number of aromatic nitrogens is 2. The molecule has 0 spiro atoms. The van der Waals surface area contributed by atoms with Gasteiger partial charge in [-0.25, -0.2) is 14.8 Å². The van der Waals surface area contributed by atoms with Crippen LogP contribution in [0.2, 0.25) is 0 Å². The quantitative estimate of drug-likeness (QED) is 0.292. The summed E-state index contributed by atoms with van der Waals surface area (Å²) in [7, 11) is 0. The fraction of sp³-hybridized carbons (Fsp3) is 0.241. The molecule has 2 heterocycles. The van der Waals surface area contributed by atoms with E-state index in [2.05, 4.69) is 25.5 Å². The van der Waals surface area contributed by atoms with Gasteiger partial charge in [0.05, 0.1) is 17.1 Å². The van der Waals surface area contributed by atoms with Crippen molar-refractivity contribution in [1.29, 1.82) is 0 Å². The average Bonchev–Trinajstić information content (AvgIpc) is 3.45. The van der Waals surface area contributed by atoms with Gasteiger partial charge < -0.3 is 20.6 Å². The summed E-state index contributed by atoms with van der Waals surface area (Å²) in [6.07, 6.45) is 4.65. The van der Waals surface area contributed by atoms with Crippen LogP contribution in [-0.2, 0) is 0 Å². The van der Waals surface area contributed by atoms with E-state index in [0.29, 0.717) is 28.0 Å². The molecule has 8 heteroatoms. The maximum atomic E-state index is 12.7. The first kappa shape index (κ1) is 24.4. The zero-order chi connectivity index (χ0) is 25.6. The smallest absolute Gasteiger partial charge is 0.337 e. The molecule has 1 unspecified atom stereocenters. The number of aromatic carboxylic acids is 1. The van der Waals surface area contributed by atoms with E-state index in [1.807, 2.05) is 48.5 Å². The van der Waals surface area contributed by atoms with E-state index in [0.717, 1.165) is 31.6 Å². The molecule has 3 aromatic carbocycles. The molecule has 188 valence electrons. The third-order valence-electron chi connectivity index (χ3n) is 6.72. The number of carbonyl (C=O) groups is 2. The van der Waals surface area contributed by atoms with Crippen molar-refractivity contribution in [2.45, 2.75) is 25.3 Å². The summed E-state index contributed by atoms with van der Waals surface area (Å²) in [6, 6.07) is 21.9. The number of carbonyl (C=O) groups excluding carboxylic acids is 1. The summed E-state index contributed by atoms with van der Waals surface area (Å²) in [4.78, 5) is 35.6. The van der Waals surface area contributed by atoms with Crippen LogP contribution in [0.15, 0.2) is 79.1 Å². The third kappa shape index (κ3) is 5.76. The van der Waals surface area contributed by atoms with Crippen molar-refractivity contribution in [2.75, 3.05) is 30.3 Å². The highest BCUT2D eigenvalue weighted by Gasteiger charge is 2.20. The van der Waals surface area contributed by atoms with E-state index >= 15 is 0 Å². The first-order valence-electron chi connectivity index (χ1n) is 12.5. The fourth-order valence-electron chi connectivity index (χ4n) is 4.81. The highest BCUT2D eigenvalue weighted by Crippen LogP contribution is 2.29. The number of nitrogens with one attached hydrogen (secondary N) is 2. The molecular formula is C29H29N5O3. The van der Waals surface area contributed by atoms with Gasteiger partial charge in [-0.2, -0.15) is 0 Å². The van der Waals surface area contributed by atoms with E-state index < -0.39 is 5.97 Å². The Hall–Kier alpha value is -4.30. The number of para-hydroxylation sites is 1. The Morgan fingerprint density at radius 1 is 0.946 bits per heavy atom. The molecule has 1 atom stereocenters. The molecule has 37 heavy (non-hydrogen) atoms. The standard InChI is InChI=1S/C29H29N5O3/c35-28(20-8-2-1-3-9-20)32-22-11-6-10-21(18-22)25(14-17-34-15-4-5-16-34)33-27-23-12-7-13-24(29(36)37)26(23)30-19-31-27/h1-3,6-13,18-19,25H,4-5,14-17H2,(H,32,35)(H,36,37)(H,30,31,33). The zero-order valence-corrected chi connectivity index (χ0v) is 20.4. The summed E-state index contributed by atoms with van der Waals surface area (Å²) in [5.74, 6) is -0.608. The minimum Gasteiger partial charge on any atom is -0.478 e. The van der Waals surface area contributed by atoms with Crippen LogP contribution in [0.1, 0.15) is 51.6 Å². The lowest BCUT2D eigenvalue weighted by atomic mass is 10.0. The number of likely N-dealkylation sites (tertiary alicyclic amines) is 1. The highest BCUT2D eigenvalue weighted by molar-refractivity contribution is 6.05. The predicted octanol–water partition coefficient (Wildman–Crippen LogP) is 5.22. The molecule has 1 saturated heterocycles.